The predicted octanol–water partition coefficient (Wildman–Crippen LogP) is 3.28. The average molecular weight is 372 g/mol. The summed E-state index contributed by atoms with van der Waals surface area (Å²) in [5, 5.41) is 7.20. The van der Waals surface area contributed by atoms with Gasteiger partial charge in [0.2, 0.25) is 11.5 Å². The molecule has 27 heavy (non-hydrogen) atoms. The Hall–Kier alpha value is -3.36. The molecule has 0 aliphatic carbocycles. The Labute approximate surface area is 155 Å². The zero-order chi connectivity index (χ0) is 19.6. The van der Waals surface area contributed by atoms with Gasteiger partial charge in [0.15, 0.2) is 0 Å². The standard InChI is InChI=1S/C18H20N4O5/c1-5-25-17(23)15-14(21-18(24)26-6-2)13-7-12(10(3)20-16(13)27-15)11-8-19-22(4)9-11/h7-9H,5-6H2,1-4H3,(H,21,24). The van der Waals surface area contributed by atoms with Crippen LogP contribution in [0.2, 0.25) is 0 Å². The summed E-state index contributed by atoms with van der Waals surface area (Å²) in [5.74, 6) is -0.821. The molecule has 9 nitrogen and oxygen atoms in total. The van der Waals surface area contributed by atoms with Crippen LogP contribution < -0.4 is 5.32 Å². The molecule has 142 valence electrons. The molecule has 0 saturated carbocycles. The van der Waals surface area contributed by atoms with Crippen LogP contribution >= 0.6 is 0 Å². The molecule has 3 rings (SSSR count). The SMILES string of the molecule is CCOC(=O)Nc1c(C(=O)OCC)oc2nc(C)c(-c3cnn(C)c3)cc12. The van der Waals surface area contributed by atoms with Crippen LogP contribution in [0.5, 0.6) is 0 Å². The van der Waals surface area contributed by atoms with E-state index in [1.807, 2.05) is 20.2 Å². The Morgan fingerprint density at radius 3 is 2.63 bits per heavy atom. The molecule has 3 aromatic heterocycles. The first kappa shape index (κ1) is 18.4. The summed E-state index contributed by atoms with van der Waals surface area (Å²) in [6.07, 6.45) is 2.86. The molecule has 0 spiro atoms. The van der Waals surface area contributed by atoms with Gasteiger partial charge < -0.3 is 13.9 Å². The molecule has 0 aromatic carbocycles. The number of amides is 1. The van der Waals surface area contributed by atoms with Crippen molar-refractivity contribution in [3.63, 3.8) is 0 Å². The number of anilines is 1. The van der Waals surface area contributed by atoms with Gasteiger partial charge in [0, 0.05) is 30.1 Å². The summed E-state index contributed by atoms with van der Waals surface area (Å²) in [5.41, 5.74) is 2.74. The van der Waals surface area contributed by atoms with Gasteiger partial charge in [0.05, 0.1) is 24.8 Å². The van der Waals surface area contributed by atoms with E-state index in [0.29, 0.717) is 11.1 Å². The van der Waals surface area contributed by atoms with Crippen LogP contribution in [0.25, 0.3) is 22.2 Å². The maximum Gasteiger partial charge on any atom is 0.411 e. The van der Waals surface area contributed by atoms with E-state index >= 15 is 0 Å². The molecule has 9 heteroatoms. The molecular weight excluding hydrogens is 352 g/mol. The molecule has 1 N–H and O–H groups in total. The van der Waals surface area contributed by atoms with E-state index in [4.69, 9.17) is 13.9 Å². The minimum atomic E-state index is -0.700. The second kappa shape index (κ2) is 7.48. The van der Waals surface area contributed by atoms with Crippen molar-refractivity contribution in [2.45, 2.75) is 20.8 Å². The van der Waals surface area contributed by atoms with E-state index in [1.54, 1.807) is 30.8 Å². The highest BCUT2D eigenvalue weighted by molar-refractivity contribution is 6.08. The van der Waals surface area contributed by atoms with Crippen LogP contribution in [-0.2, 0) is 16.5 Å². The van der Waals surface area contributed by atoms with Crippen LogP contribution in [-0.4, -0.2) is 40.0 Å². The number of pyridine rings is 1. The lowest BCUT2D eigenvalue weighted by Gasteiger charge is -2.06. The highest BCUT2D eigenvalue weighted by atomic mass is 16.6. The first-order valence-electron chi connectivity index (χ1n) is 8.48. The van der Waals surface area contributed by atoms with Gasteiger partial charge in [-0.1, -0.05) is 0 Å². The molecule has 0 bridgehead atoms. The van der Waals surface area contributed by atoms with Crippen molar-refractivity contribution in [3.8, 4) is 11.1 Å². The third kappa shape index (κ3) is 3.62. The van der Waals surface area contributed by atoms with Gasteiger partial charge in [-0.15, -0.1) is 0 Å². The lowest BCUT2D eigenvalue weighted by atomic mass is 10.1. The molecule has 0 unspecified atom stereocenters. The lowest BCUT2D eigenvalue weighted by Crippen LogP contribution is -2.16. The number of ether oxygens (including phenoxy) is 2. The van der Waals surface area contributed by atoms with Crippen LogP contribution in [0.15, 0.2) is 22.9 Å². The number of aryl methyl sites for hydroxylation is 2. The van der Waals surface area contributed by atoms with Gasteiger partial charge >= 0.3 is 12.1 Å². The monoisotopic (exact) mass is 372 g/mol. The maximum atomic E-state index is 12.3. The number of hydrogen-bond acceptors (Lipinski definition) is 7. The smallest absolute Gasteiger partial charge is 0.411 e. The predicted molar refractivity (Wildman–Crippen MR) is 97.5 cm³/mol. The molecule has 0 saturated heterocycles. The molecule has 1 amide bonds. The summed E-state index contributed by atoms with van der Waals surface area (Å²) in [6, 6.07) is 1.79. The Kier molecular flexibility index (Phi) is 5.11. The van der Waals surface area contributed by atoms with Crippen LogP contribution in [0.3, 0.4) is 0 Å². The van der Waals surface area contributed by atoms with Crippen molar-refractivity contribution < 1.29 is 23.5 Å². The first-order valence-corrected chi connectivity index (χ1v) is 8.48. The summed E-state index contributed by atoms with van der Waals surface area (Å²) >= 11 is 0. The normalized spacial score (nSPS) is 10.8. The van der Waals surface area contributed by atoms with Crippen LogP contribution in [0, 0.1) is 6.92 Å². The molecule has 0 radical (unpaired) electrons. The number of nitrogens with zero attached hydrogens (tertiary/aromatic N) is 3. The highest BCUT2D eigenvalue weighted by Gasteiger charge is 2.25. The Morgan fingerprint density at radius 1 is 1.26 bits per heavy atom. The van der Waals surface area contributed by atoms with Crippen LogP contribution in [0.1, 0.15) is 30.1 Å². The number of fused-ring (bicyclic) bond motifs is 1. The second-order valence-corrected chi connectivity index (χ2v) is 5.75. The number of esters is 1. The molecule has 3 aromatic rings. The summed E-state index contributed by atoms with van der Waals surface area (Å²) < 4.78 is 17.2. The molecular formula is C18H20N4O5. The van der Waals surface area contributed by atoms with Crippen LogP contribution in [0.4, 0.5) is 10.5 Å². The third-order valence-corrected chi connectivity index (χ3v) is 3.85. The van der Waals surface area contributed by atoms with Crippen molar-refractivity contribution in [2.75, 3.05) is 18.5 Å². The Bertz CT molecular complexity index is 1000. The average Bonchev–Trinajstić information content (AvgIpc) is 3.18. The molecule has 0 atom stereocenters. The molecule has 0 fully saturated rings. The maximum absolute atomic E-state index is 12.3. The highest BCUT2D eigenvalue weighted by Crippen LogP contribution is 2.35. The molecule has 0 aliphatic rings. The number of nitrogens with one attached hydrogen (secondary N) is 1. The first-order chi connectivity index (χ1) is 12.9. The van der Waals surface area contributed by atoms with E-state index in [1.165, 1.54) is 0 Å². The van der Waals surface area contributed by atoms with E-state index in [0.717, 1.165) is 11.1 Å². The number of aromatic nitrogens is 3. The van der Waals surface area contributed by atoms with E-state index in [9.17, 15) is 9.59 Å². The molecule has 0 aliphatic heterocycles. The van der Waals surface area contributed by atoms with Crippen molar-refractivity contribution in [3.05, 3.63) is 29.9 Å². The summed E-state index contributed by atoms with van der Waals surface area (Å²) in [7, 11) is 1.81. The van der Waals surface area contributed by atoms with Gasteiger partial charge in [-0.25, -0.2) is 14.6 Å². The van der Waals surface area contributed by atoms with Crippen molar-refractivity contribution in [2.24, 2.45) is 7.05 Å². The Balaban J connectivity index is 2.17. The topological polar surface area (TPSA) is 108 Å². The van der Waals surface area contributed by atoms with Crippen molar-refractivity contribution in [1.29, 1.82) is 0 Å². The minimum Gasteiger partial charge on any atom is -0.460 e. The van der Waals surface area contributed by atoms with Gasteiger partial charge in [-0.2, -0.15) is 5.10 Å². The van der Waals surface area contributed by atoms with E-state index in [2.05, 4.69) is 15.4 Å². The second-order valence-electron chi connectivity index (χ2n) is 5.75. The number of carbonyl (C=O) groups is 2. The number of hydrogen-bond donors (Lipinski definition) is 1. The van der Waals surface area contributed by atoms with Gasteiger partial charge in [0.25, 0.3) is 0 Å². The van der Waals surface area contributed by atoms with Crippen molar-refractivity contribution >= 4 is 28.8 Å². The fraction of sp³-hybridized carbons (Fsp3) is 0.333. The largest absolute Gasteiger partial charge is 0.460 e. The van der Waals surface area contributed by atoms with E-state index in [-0.39, 0.29) is 30.4 Å². The fourth-order valence-corrected chi connectivity index (χ4v) is 2.70. The molecule has 3 heterocycles. The summed E-state index contributed by atoms with van der Waals surface area (Å²) in [6.45, 7) is 5.55. The van der Waals surface area contributed by atoms with E-state index < -0.39 is 12.1 Å². The van der Waals surface area contributed by atoms with Crippen molar-refractivity contribution in [1.82, 2.24) is 14.8 Å². The van der Waals surface area contributed by atoms with Gasteiger partial charge in [-0.05, 0) is 26.8 Å². The summed E-state index contributed by atoms with van der Waals surface area (Å²) in [4.78, 5) is 28.7. The number of furan rings is 1. The van der Waals surface area contributed by atoms with Gasteiger partial charge in [0.1, 0.15) is 5.69 Å². The van der Waals surface area contributed by atoms with Gasteiger partial charge in [-0.3, -0.25) is 10.00 Å². The lowest BCUT2D eigenvalue weighted by molar-refractivity contribution is 0.0494. The third-order valence-electron chi connectivity index (χ3n) is 3.85. The Morgan fingerprint density at radius 2 is 2.00 bits per heavy atom. The number of rotatable bonds is 5. The zero-order valence-corrected chi connectivity index (χ0v) is 15.5. The minimum absolute atomic E-state index is 0.130. The quantitative estimate of drug-likeness (QED) is 0.685. The zero-order valence-electron chi connectivity index (χ0n) is 15.5. The fourth-order valence-electron chi connectivity index (χ4n) is 2.70. The number of carbonyl (C=O) groups excluding carboxylic acids is 2.